The summed E-state index contributed by atoms with van der Waals surface area (Å²) < 4.78 is 5.88. The first-order chi connectivity index (χ1) is 13.2. The number of aromatic nitrogens is 2. The van der Waals surface area contributed by atoms with E-state index in [0.717, 1.165) is 22.2 Å². The summed E-state index contributed by atoms with van der Waals surface area (Å²) in [7, 11) is 0. The predicted molar refractivity (Wildman–Crippen MR) is 106 cm³/mol. The largest absolute Gasteiger partial charge is 0.480 e. The third-order valence-electron chi connectivity index (χ3n) is 3.87. The van der Waals surface area contributed by atoms with E-state index in [9.17, 15) is 4.79 Å². The van der Waals surface area contributed by atoms with E-state index in [4.69, 9.17) is 16.3 Å². The number of aryl methyl sites for hydroxylation is 1. The maximum absolute atomic E-state index is 10.4. The monoisotopic (exact) mass is 382 g/mol. The Balaban J connectivity index is 0.000000221. The number of amides is 1. The quantitative estimate of drug-likeness (QED) is 0.662. The van der Waals surface area contributed by atoms with Crippen LogP contribution in [-0.4, -0.2) is 22.9 Å². The number of carbonyl (C=O) groups is 1. The van der Waals surface area contributed by atoms with Crippen LogP contribution in [-0.2, 0) is 4.79 Å². The summed E-state index contributed by atoms with van der Waals surface area (Å²) in [6.45, 7) is 2.66. The number of carbonyl (C=O) groups excluding carboxylic acids is 1. The van der Waals surface area contributed by atoms with Gasteiger partial charge in [-0.05, 0) is 48.9 Å². The fourth-order valence-corrected chi connectivity index (χ4v) is 2.63. The number of nitrogens with zero attached hydrogens (tertiary/aromatic N) is 2. The van der Waals surface area contributed by atoms with E-state index in [0.29, 0.717) is 18.8 Å². The van der Waals surface area contributed by atoms with Gasteiger partial charge in [-0.25, -0.2) is 9.97 Å². The van der Waals surface area contributed by atoms with E-state index in [1.165, 1.54) is 5.56 Å². The van der Waals surface area contributed by atoms with Crippen molar-refractivity contribution in [2.75, 3.05) is 17.2 Å². The van der Waals surface area contributed by atoms with E-state index < -0.39 is 0 Å². The number of benzene rings is 1. The molecule has 0 spiro atoms. The Labute approximate surface area is 162 Å². The van der Waals surface area contributed by atoms with Crippen molar-refractivity contribution in [1.29, 1.82) is 0 Å². The molecule has 0 fully saturated rings. The number of ether oxygens (including phenoxy) is 1. The minimum absolute atomic E-state index is 0.132. The maximum atomic E-state index is 10.4. The van der Waals surface area contributed by atoms with E-state index in [1.54, 1.807) is 18.5 Å². The fraction of sp³-hybridized carbons (Fsp3) is 0.150. The van der Waals surface area contributed by atoms with Crippen molar-refractivity contribution < 1.29 is 9.53 Å². The predicted octanol–water partition coefficient (Wildman–Crippen LogP) is 4.24. The SMILES string of the molecule is Cc1ccc(Cl)cc1.O=CNc1cc(C2CNc3ncccc3O2)ccn1. The highest BCUT2D eigenvalue weighted by molar-refractivity contribution is 6.30. The van der Waals surface area contributed by atoms with Crippen LogP contribution >= 0.6 is 11.6 Å². The van der Waals surface area contributed by atoms with E-state index in [2.05, 4.69) is 20.6 Å². The standard InChI is InChI=1S/C13H12N4O2.C7H7Cl/c18-8-17-12-6-9(3-5-14-12)11-7-16-13-10(19-11)2-1-4-15-13;1-6-2-4-7(8)5-3-6/h1-6,8,11H,7H2,(H,15,16)(H,14,17,18);2-5H,1H3. The van der Waals surface area contributed by atoms with Gasteiger partial charge in [0.15, 0.2) is 11.6 Å². The summed E-state index contributed by atoms with van der Waals surface area (Å²) in [5.41, 5.74) is 2.19. The van der Waals surface area contributed by atoms with Crippen LogP contribution in [0.3, 0.4) is 0 Å². The molecule has 6 nitrogen and oxygen atoms in total. The normalized spacial score (nSPS) is 14.5. The number of rotatable bonds is 3. The number of anilines is 2. The lowest BCUT2D eigenvalue weighted by Crippen LogP contribution is -2.24. The van der Waals surface area contributed by atoms with Crippen LogP contribution in [0.15, 0.2) is 60.9 Å². The minimum Gasteiger partial charge on any atom is -0.480 e. The van der Waals surface area contributed by atoms with Crippen molar-refractivity contribution in [3.05, 3.63) is 77.1 Å². The average Bonchev–Trinajstić information content (AvgIpc) is 2.71. The van der Waals surface area contributed by atoms with Gasteiger partial charge in [0.25, 0.3) is 0 Å². The number of hydrogen-bond acceptors (Lipinski definition) is 5. The second-order valence-electron chi connectivity index (χ2n) is 5.87. The van der Waals surface area contributed by atoms with Gasteiger partial charge in [-0.2, -0.15) is 0 Å². The number of nitrogens with one attached hydrogen (secondary N) is 2. The molecule has 138 valence electrons. The highest BCUT2D eigenvalue weighted by Gasteiger charge is 2.21. The highest BCUT2D eigenvalue weighted by atomic mass is 35.5. The Morgan fingerprint density at radius 1 is 1.19 bits per heavy atom. The van der Waals surface area contributed by atoms with Gasteiger partial charge < -0.3 is 15.4 Å². The maximum Gasteiger partial charge on any atom is 0.212 e. The summed E-state index contributed by atoms with van der Waals surface area (Å²) in [5.74, 6) is 1.98. The van der Waals surface area contributed by atoms with Crippen molar-refractivity contribution >= 4 is 29.6 Å². The average molecular weight is 383 g/mol. The molecule has 2 N–H and O–H groups in total. The molecule has 1 atom stereocenters. The Bertz CT molecular complexity index is 881. The van der Waals surface area contributed by atoms with E-state index in [1.807, 2.05) is 49.4 Å². The third-order valence-corrected chi connectivity index (χ3v) is 4.12. The molecule has 2 aromatic heterocycles. The van der Waals surface area contributed by atoms with Gasteiger partial charge in [0.2, 0.25) is 6.41 Å². The molecule has 0 aliphatic carbocycles. The summed E-state index contributed by atoms with van der Waals surface area (Å²) in [4.78, 5) is 18.6. The number of hydrogen-bond donors (Lipinski definition) is 2. The Hall–Kier alpha value is -3.12. The lowest BCUT2D eigenvalue weighted by Gasteiger charge is -2.26. The molecule has 0 radical (unpaired) electrons. The van der Waals surface area contributed by atoms with Gasteiger partial charge in [-0.1, -0.05) is 29.3 Å². The molecule has 1 aromatic carbocycles. The van der Waals surface area contributed by atoms with Crippen molar-refractivity contribution in [2.24, 2.45) is 0 Å². The van der Waals surface area contributed by atoms with Crippen LogP contribution in [0.1, 0.15) is 17.2 Å². The van der Waals surface area contributed by atoms with Gasteiger partial charge in [0.05, 0.1) is 6.54 Å². The van der Waals surface area contributed by atoms with Crippen LogP contribution in [0.5, 0.6) is 5.75 Å². The molecular weight excluding hydrogens is 364 g/mol. The van der Waals surface area contributed by atoms with Crippen molar-refractivity contribution in [1.82, 2.24) is 9.97 Å². The summed E-state index contributed by atoms with van der Waals surface area (Å²) in [5, 5.41) is 6.54. The molecule has 27 heavy (non-hydrogen) atoms. The van der Waals surface area contributed by atoms with Gasteiger partial charge in [-0.15, -0.1) is 0 Å². The Morgan fingerprint density at radius 2 is 2.00 bits per heavy atom. The van der Waals surface area contributed by atoms with Gasteiger partial charge in [-0.3, -0.25) is 4.79 Å². The first kappa shape index (κ1) is 18.7. The second-order valence-corrected chi connectivity index (χ2v) is 6.31. The molecular formula is C20H19ClN4O2. The van der Waals surface area contributed by atoms with Crippen LogP contribution in [0.25, 0.3) is 0 Å². The second kappa shape index (κ2) is 9.00. The number of halogens is 1. The molecule has 0 saturated heterocycles. The van der Waals surface area contributed by atoms with Crippen LogP contribution < -0.4 is 15.4 Å². The Kier molecular flexibility index (Phi) is 6.22. The van der Waals surface area contributed by atoms with Crippen LogP contribution in [0, 0.1) is 6.92 Å². The lowest BCUT2D eigenvalue weighted by atomic mass is 10.1. The van der Waals surface area contributed by atoms with E-state index in [-0.39, 0.29) is 6.10 Å². The number of pyridine rings is 2. The summed E-state index contributed by atoms with van der Waals surface area (Å²) in [6, 6.07) is 15.1. The molecule has 1 unspecified atom stereocenters. The first-order valence-electron chi connectivity index (χ1n) is 8.39. The summed E-state index contributed by atoms with van der Waals surface area (Å²) >= 11 is 5.61. The van der Waals surface area contributed by atoms with Crippen molar-refractivity contribution in [3.63, 3.8) is 0 Å². The van der Waals surface area contributed by atoms with Crippen LogP contribution in [0.4, 0.5) is 11.6 Å². The van der Waals surface area contributed by atoms with Gasteiger partial charge in [0, 0.05) is 17.4 Å². The molecule has 7 heteroatoms. The molecule has 0 bridgehead atoms. The van der Waals surface area contributed by atoms with Crippen molar-refractivity contribution in [2.45, 2.75) is 13.0 Å². The fourth-order valence-electron chi connectivity index (χ4n) is 2.51. The number of fused-ring (bicyclic) bond motifs is 1. The van der Waals surface area contributed by atoms with Gasteiger partial charge >= 0.3 is 0 Å². The first-order valence-corrected chi connectivity index (χ1v) is 8.77. The molecule has 4 rings (SSSR count). The molecule has 3 heterocycles. The van der Waals surface area contributed by atoms with E-state index >= 15 is 0 Å². The third kappa shape index (κ3) is 5.18. The molecule has 3 aromatic rings. The summed E-state index contributed by atoms with van der Waals surface area (Å²) in [6.07, 6.45) is 3.83. The van der Waals surface area contributed by atoms with Crippen molar-refractivity contribution in [3.8, 4) is 5.75 Å². The molecule has 1 aliphatic rings. The zero-order valence-electron chi connectivity index (χ0n) is 14.7. The van der Waals surface area contributed by atoms with Crippen LogP contribution in [0.2, 0.25) is 5.02 Å². The lowest BCUT2D eigenvalue weighted by molar-refractivity contribution is -0.105. The Morgan fingerprint density at radius 3 is 2.74 bits per heavy atom. The zero-order valence-corrected chi connectivity index (χ0v) is 15.5. The zero-order chi connectivity index (χ0) is 19.1. The molecule has 0 saturated carbocycles. The van der Waals surface area contributed by atoms with Gasteiger partial charge in [0.1, 0.15) is 11.9 Å². The molecule has 1 amide bonds. The minimum atomic E-state index is -0.132. The smallest absolute Gasteiger partial charge is 0.212 e. The molecule has 1 aliphatic heterocycles. The highest BCUT2D eigenvalue weighted by Crippen LogP contribution is 2.32. The topological polar surface area (TPSA) is 76.1 Å².